The van der Waals surface area contributed by atoms with E-state index in [4.69, 9.17) is 19.9 Å². The van der Waals surface area contributed by atoms with Gasteiger partial charge in [0, 0.05) is 6.07 Å². The lowest BCUT2D eigenvalue weighted by Crippen LogP contribution is -2.34. The lowest BCUT2D eigenvalue weighted by molar-refractivity contribution is 0.305. The predicted molar refractivity (Wildman–Crippen MR) is 94.7 cm³/mol. The van der Waals surface area contributed by atoms with Crippen LogP contribution in [0.4, 0.5) is 8.78 Å². The smallest absolute Gasteiger partial charge is 0.189 e. The molecule has 0 heterocycles. The molecule has 0 aliphatic heterocycles. The van der Waals surface area contributed by atoms with Crippen molar-refractivity contribution in [1.82, 2.24) is 5.32 Å². The van der Waals surface area contributed by atoms with E-state index in [-0.39, 0.29) is 18.3 Å². The van der Waals surface area contributed by atoms with Crippen molar-refractivity contribution in [3.63, 3.8) is 0 Å². The van der Waals surface area contributed by atoms with Gasteiger partial charge in [-0.15, -0.1) is 0 Å². The Morgan fingerprint density at radius 2 is 1.77 bits per heavy atom. The number of hydrogen-bond acceptors (Lipinski definition) is 4. The first-order valence-corrected chi connectivity index (χ1v) is 7.86. The summed E-state index contributed by atoms with van der Waals surface area (Å²) in [4.78, 5) is 4.21. The molecular formula is C18H21F2N3O3. The molecule has 6 nitrogen and oxygen atoms in total. The van der Waals surface area contributed by atoms with E-state index >= 15 is 0 Å². The fourth-order valence-electron chi connectivity index (χ4n) is 2.14. The topological polar surface area (TPSA) is 78.1 Å². The van der Waals surface area contributed by atoms with Crippen LogP contribution in [0, 0.1) is 11.6 Å². The molecule has 0 fully saturated rings. The second-order valence-electron chi connectivity index (χ2n) is 5.24. The van der Waals surface area contributed by atoms with Gasteiger partial charge in [-0.1, -0.05) is 6.07 Å². The molecule has 0 unspecified atom stereocenters. The van der Waals surface area contributed by atoms with Crippen LogP contribution in [0.25, 0.3) is 0 Å². The maximum Gasteiger partial charge on any atom is 0.189 e. The van der Waals surface area contributed by atoms with Crippen LogP contribution < -0.4 is 25.3 Å². The molecule has 0 aliphatic carbocycles. The van der Waals surface area contributed by atoms with Gasteiger partial charge in [-0.2, -0.15) is 0 Å². The SMILES string of the molecule is COc1ccc(CN=C(N)NCCOc2ccc(F)cc2F)cc1OC. The Morgan fingerprint density at radius 1 is 1.04 bits per heavy atom. The minimum absolute atomic E-state index is 0.0194. The molecule has 0 aliphatic rings. The number of guanidine groups is 1. The number of nitrogens with zero attached hydrogens (tertiary/aromatic N) is 1. The fourth-order valence-corrected chi connectivity index (χ4v) is 2.14. The predicted octanol–water partition coefficient (Wildman–Crippen LogP) is 2.47. The van der Waals surface area contributed by atoms with Crippen LogP contribution in [0.2, 0.25) is 0 Å². The second-order valence-corrected chi connectivity index (χ2v) is 5.24. The summed E-state index contributed by atoms with van der Waals surface area (Å²) in [7, 11) is 3.13. The van der Waals surface area contributed by atoms with Crippen LogP contribution in [-0.2, 0) is 6.54 Å². The zero-order valence-corrected chi connectivity index (χ0v) is 14.6. The van der Waals surface area contributed by atoms with Crippen LogP contribution in [0.5, 0.6) is 17.2 Å². The maximum atomic E-state index is 13.4. The van der Waals surface area contributed by atoms with Crippen LogP contribution in [0.3, 0.4) is 0 Å². The van der Waals surface area contributed by atoms with Gasteiger partial charge in [0.2, 0.25) is 0 Å². The lowest BCUT2D eigenvalue weighted by Gasteiger charge is -2.10. The number of nitrogens with one attached hydrogen (secondary N) is 1. The summed E-state index contributed by atoms with van der Waals surface area (Å²) in [6.07, 6.45) is 0. The number of benzene rings is 2. The fraction of sp³-hybridized carbons (Fsp3) is 0.278. The second kappa shape index (κ2) is 9.45. The number of rotatable bonds is 8. The van der Waals surface area contributed by atoms with E-state index in [1.165, 1.54) is 6.07 Å². The summed E-state index contributed by atoms with van der Waals surface area (Å²) in [6.45, 7) is 0.819. The van der Waals surface area contributed by atoms with E-state index in [1.807, 2.05) is 12.1 Å². The van der Waals surface area contributed by atoms with Gasteiger partial charge in [-0.3, -0.25) is 0 Å². The first-order chi connectivity index (χ1) is 12.5. The highest BCUT2D eigenvalue weighted by molar-refractivity contribution is 5.77. The number of methoxy groups -OCH3 is 2. The van der Waals surface area contributed by atoms with Crippen molar-refractivity contribution >= 4 is 5.96 Å². The molecule has 2 aromatic rings. The zero-order chi connectivity index (χ0) is 18.9. The summed E-state index contributed by atoms with van der Waals surface area (Å²) in [5, 5.41) is 2.86. The van der Waals surface area contributed by atoms with Gasteiger partial charge in [-0.25, -0.2) is 13.8 Å². The zero-order valence-electron chi connectivity index (χ0n) is 14.6. The average Bonchev–Trinajstić information content (AvgIpc) is 2.64. The van der Waals surface area contributed by atoms with Crippen molar-refractivity contribution in [2.45, 2.75) is 6.54 Å². The largest absolute Gasteiger partial charge is 0.493 e. The summed E-state index contributed by atoms with van der Waals surface area (Å²) in [6, 6.07) is 8.60. The maximum absolute atomic E-state index is 13.4. The van der Waals surface area contributed by atoms with Crippen molar-refractivity contribution in [3.05, 3.63) is 53.6 Å². The van der Waals surface area contributed by atoms with E-state index in [1.54, 1.807) is 20.3 Å². The number of ether oxygens (including phenoxy) is 3. The molecular weight excluding hydrogens is 344 g/mol. The monoisotopic (exact) mass is 365 g/mol. The van der Waals surface area contributed by atoms with Gasteiger partial charge < -0.3 is 25.3 Å². The number of halogens is 2. The quantitative estimate of drug-likeness (QED) is 0.427. The van der Waals surface area contributed by atoms with E-state index in [0.717, 1.165) is 17.7 Å². The Labute approximate surface area is 150 Å². The molecule has 8 heteroatoms. The molecule has 2 rings (SSSR count). The molecule has 0 aromatic heterocycles. The van der Waals surface area contributed by atoms with Crippen molar-refractivity contribution < 1.29 is 23.0 Å². The molecule has 0 saturated heterocycles. The first kappa shape index (κ1) is 19.3. The van der Waals surface area contributed by atoms with Crippen LogP contribution >= 0.6 is 0 Å². The number of nitrogens with two attached hydrogens (primary N) is 1. The third-order valence-corrected chi connectivity index (χ3v) is 3.44. The minimum atomic E-state index is -0.750. The van der Waals surface area contributed by atoms with Crippen LogP contribution in [0.15, 0.2) is 41.4 Å². The molecule has 26 heavy (non-hydrogen) atoms. The molecule has 0 spiro atoms. The van der Waals surface area contributed by atoms with Crippen molar-refractivity contribution in [3.8, 4) is 17.2 Å². The third kappa shape index (κ3) is 5.51. The van der Waals surface area contributed by atoms with Gasteiger partial charge in [0.15, 0.2) is 29.0 Å². The Morgan fingerprint density at radius 3 is 2.46 bits per heavy atom. The highest BCUT2D eigenvalue weighted by atomic mass is 19.1. The molecule has 0 saturated carbocycles. The number of hydrogen-bond donors (Lipinski definition) is 2. The molecule has 0 atom stereocenters. The van der Waals surface area contributed by atoms with Gasteiger partial charge in [-0.05, 0) is 29.8 Å². The Kier molecular flexibility index (Phi) is 7.02. The van der Waals surface area contributed by atoms with Crippen molar-refractivity contribution in [1.29, 1.82) is 0 Å². The third-order valence-electron chi connectivity index (χ3n) is 3.44. The van der Waals surface area contributed by atoms with E-state index in [9.17, 15) is 8.78 Å². The van der Waals surface area contributed by atoms with Crippen molar-refractivity contribution in [2.24, 2.45) is 10.7 Å². The summed E-state index contributed by atoms with van der Waals surface area (Å²) in [5.41, 5.74) is 6.68. The molecule has 0 bridgehead atoms. The highest BCUT2D eigenvalue weighted by Gasteiger charge is 2.05. The van der Waals surface area contributed by atoms with Crippen LogP contribution in [-0.4, -0.2) is 33.3 Å². The Hall–Kier alpha value is -3.03. The first-order valence-electron chi connectivity index (χ1n) is 7.86. The van der Waals surface area contributed by atoms with Crippen LogP contribution in [0.1, 0.15) is 5.56 Å². The lowest BCUT2D eigenvalue weighted by atomic mass is 10.2. The molecule has 140 valence electrons. The number of aliphatic imine (C=N–C) groups is 1. The molecule has 0 radical (unpaired) electrons. The van der Waals surface area contributed by atoms with E-state index in [0.29, 0.717) is 24.6 Å². The summed E-state index contributed by atoms with van der Waals surface area (Å²) in [5.74, 6) is 0.0505. The normalized spacial score (nSPS) is 11.2. The Bertz CT molecular complexity index is 769. The summed E-state index contributed by atoms with van der Waals surface area (Å²) >= 11 is 0. The minimum Gasteiger partial charge on any atom is -0.493 e. The van der Waals surface area contributed by atoms with Gasteiger partial charge >= 0.3 is 0 Å². The average molecular weight is 365 g/mol. The summed E-state index contributed by atoms with van der Waals surface area (Å²) < 4.78 is 41.8. The van der Waals surface area contributed by atoms with E-state index in [2.05, 4.69) is 10.3 Å². The molecule has 0 amide bonds. The van der Waals surface area contributed by atoms with Gasteiger partial charge in [0.05, 0.1) is 27.3 Å². The molecule has 3 N–H and O–H groups in total. The molecule has 2 aromatic carbocycles. The Balaban J connectivity index is 1.79. The van der Waals surface area contributed by atoms with Gasteiger partial charge in [0.25, 0.3) is 0 Å². The van der Waals surface area contributed by atoms with Crippen molar-refractivity contribution in [2.75, 3.05) is 27.4 Å². The standard InChI is InChI=1S/C18H21F2N3O3/c1-24-16-5-3-12(9-17(16)25-2)11-23-18(21)22-7-8-26-15-6-4-13(19)10-14(15)20/h3-6,9-10H,7-8,11H2,1-2H3,(H3,21,22,23). The van der Waals surface area contributed by atoms with E-state index < -0.39 is 11.6 Å². The highest BCUT2D eigenvalue weighted by Crippen LogP contribution is 2.27. The van der Waals surface area contributed by atoms with Gasteiger partial charge in [0.1, 0.15) is 12.4 Å².